The van der Waals surface area contributed by atoms with E-state index in [4.69, 9.17) is 0 Å². The van der Waals surface area contributed by atoms with E-state index in [1.165, 1.54) is 0 Å². The molecule has 23 heavy (non-hydrogen) atoms. The van der Waals surface area contributed by atoms with Gasteiger partial charge < -0.3 is 4.90 Å². The van der Waals surface area contributed by atoms with E-state index in [1.807, 2.05) is 42.3 Å². The average Bonchev–Trinajstić information content (AvgIpc) is 3.05. The Hall–Kier alpha value is -1.62. The number of rotatable bonds is 7. The van der Waals surface area contributed by atoms with Gasteiger partial charge in [0.15, 0.2) is 5.69 Å². The van der Waals surface area contributed by atoms with E-state index < -0.39 is 0 Å². The maximum Gasteiger partial charge on any atom is 0.274 e. The normalized spacial score (nSPS) is 11.0. The topological polar surface area (TPSA) is 38.1 Å². The highest BCUT2D eigenvalue weighted by molar-refractivity contribution is 9.10. The van der Waals surface area contributed by atoms with Gasteiger partial charge in [0, 0.05) is 23.8 Å². The van der Waals surface area contributed by atoms with Gasteiger partial charge in [-0.25, -0.2) is 4.68 Å². The smallest absolute Gasteiger partial charge is 0.274 e. The van der Waals surface area contributed by atoms with Crippen LogP contribution in [-0.4, -0.2) is 33.7 Å². The number of benzene rings is 1. The minimum absolute atomic E-state index is 0.00754. The Morgan fingerprint density at radius 3 is 2.61 bits per heavy atom. The number of carbonyl (C=O) groups is 1. The Labute approximate surface area is 146 Å². The van der Waals surface area contributed by atoms with Gasteiger partial charge in [0.2, 0.25) is 0 Å². The van der Waals surface area contributed by atoms with Gasteiger partial charge in [-0.1, -0.05) is 48.7 Å². The van der Waals surface area contributed by atoms with Gasteiger partial charge in [-0.15, -0.1) is 0 Å². The Kier molecular flexibility index (Phi) is 6.39. The number of carbonyl (C=O) groups excluding carboxylic acids is 1. The Morgan fingerprint density at radius 1 is 1.26 bits per heavy atom. The molecule has 124 valence electrons. The van der Waals surface area contributed by atoms with Crippen LogP contribution in [0.3, 0.4) is 0 Å². The molecule has 0 fully saturated rings. The highest BCUT2D eigenvalue weighted by atomic mass is 79.9. The molecule has 0 bridgehead atoms. The van der Waals surface area contributed by atoms with Crippen molar-refractivity contribution < 1.29 is 4.79 Å². The zero-order valence-corrected chi connectivity index (χ0v) is 15.6. The zero-order chi connectivity index (χ0) is 16.8. The van der Waals surface area contributed by atoms with Crippen LogP contribution in [0.2, 0.25) is 0 Å². The second-order valence-electron chi connectivity index (χ2n) is 5.65. The van der Waals surface area contributed by atoms with E-state index in [9.17, 15) is 4.79 Å². The maximum atomic E-state index is 12.7. The number of amides is 1. The SMILES string of the molecule is CCC(CC)CN(CC)C(=O)c1ccn(-c2cccc(Br)c2)n1. The standard InChI is InChI=1S/C18H24BrN3O/c1-4-14(5-2)13-21(6-3)18(23)17-10-11-22(20-17)16-9-7-8-15(19)12-16/h7-12,14H,4-6,13H2,1-3H3. The number of nitrogens with zero attached hydrogens (tertiary/aromatic N) is 3. The lowest BCUT2D eigenvalue weighted by Gasteiger charge is -2.24. The van der Waals surface area contributed by atoms with E-state index >= 15 is 0 Å². The lowest BCUT2D eigenvalue weighted by Crippen LogP contribution is -2.35. The molecule has 0 saturated carbocycles. The fourth-order valence-electron chi connectivity index (χ4n) is 2.58. The van der Waals surface area contributed by atoms with Crippen molar-refractivity contribution >= 4 is 21.8 Å². The van der Waals surface area contributed by atoms with E-state index in [1.54, 1.807) is 10.7 Å². The minimum atomic E-state index is 0.00754. The van der Waals surface area contributed by atoms with Crippen molar-refractivity contribution in [3.8, 4) is 5.69 Å². The minimum Gasteiger partial charge on any atom is -0.337 e. The molecule has 2 aromatic rings. The third kappa shape index (κ3) is 4.44. The number of aromatic nitrogens is 2. The summed E-state index contributed by atoms with van der Waals surface area (Å²) in [5.74, 6) is 0.555. The molecule has 1 amide bonds. The van der Waals surface area contributed by atoms with Crippen molar-refractivity contribution in [2.75, 3.05) is 13.1 Å². The number of hydrogen-bond acceptors (Lipinski definition) is 2. The summed E-state index contributed by atoms with van der Waals surface area (Å²) in [6, 6.07) is 9.65. The summed E-state index contributed by atoms with van der Waals surface area (Å²) in [5, 5.41) is 4.45. The number of halogens is 1. The van der Waals surface area contributed by atoms with Crippen LogP contribution >= 0.6 is 15.9 Å². The largest absolute Gasteiger partial charge is 0.337 e. The summed E-state index contributed by atoms with van der Waals surface area (Å²) >= 11 is 3.46. The van der Waals surface area contributed by atoms with E-state index in [0.717, 1.165) is 29.5 Å². The molecule has 0 spiro atoms. The van der Waals surface area contributed by atoms with Gasteiger partial charge >= 0.3 is 0 Å². The molecular formula is C18H24BrN3O. The number of hydrogen-bond donors (Lipinski definition) is 0. The molecule has 4 nitrogen and oxygen atoms in total. The molecule has 1 aromatic carbocycles. The van der Waals surface area contributed by atoms with Crippen LogP contribution in [0.1, 0.15) is 44.1 Å². The van der Waals surface area contributed by atoms with Crippen LogP contribution < -0.4 is 0 Å². The molecule has 2 rings (SSSR count). The molecule has 0 aliphatic rings. The van der Waals surface area contributed by atoms with Gasteiger partial charge in [-0.05, 0) is 37.1 Å². The van der Waals surface area contributed by atoms with Crippen LogP contribution in [0.15, 0.2) is 41.0 Å². The van der Waals surface area contributed by atoms with E-state index in [-0.39, 0.29) is 5.91 Å². The predicted octanol–water partition coefficient (Wildman–Crippen LogP) is 4.53. The Morgan fingerprint density at radius 2 is 2.00 bits per heavy atom. The third-order valence-electron chi connectivity index (χ3n) is 4.18. The molecule has 0 aliphatic carbocycles. The second-order valence-corrected chi connectivity index (χ2v) is 6.57. The van der Waals surface area contributed by atoms with Gasteiger partial charge in [0.05, 0.1) is 5.69 Å². The summed E-state index contributed by atoms with van der Waals surface area (Å²) in [6.07, 6.45) is 4.01. The summed E-state index contributed by atoms with van der Waals surface area (Å²) in [7, 11) is 0. The van der Waals surface area contributed by atoms with Crippen molar-refractivity contribution in [3.05, 3.63) is 46.7 Å². The molecule has 5 heteroatoms. The van der Waals surface area contributed by atoms with Gasteiger partial charge in [-0.3, -0.25) is 4.79 Å². The lowest BCUT2D eigenvalue weighted by atomic mass is 10.0. The van der Waals surface area contributed by atoms with Crippen molar-refractivity contribution in [1.82, 2.24) is 14.7 Å². The fraction of sp³-hybridized carbons (Fsp3) is 0.444. The van der Waals surface area contributed by atoms with Crippen LogP contribution in [0.25, 0.3) is 5.69 Å². The van der Waals surface area contributed by atoms with Crippen LogP contribution in [0.4, 0.5) is 0 Å². The fourth-order valence-corrected chi connectivity index (χ4v) is 2.96. The monoisotopic (exact) mass is 377 g/mol. The molecule has 0 unspecified atom stereocenters. The first-order valence-electron chi connectivity index (χ1n) is 8.19. The molecule has 0 N–H and O–H groups in total. The Balaban J connectivity index is 2.16. The highest BCUT2D eigenvalue weighted by Gasteiger charge is 2.19. The first kappa shape index (κ1) is 17.7. The molecule has 1 heterocycles. The molecule has 0 saturated heterocycles. The highest BCUT2D eigenvalue weighted by Crippen LogP contribution is 2.16. The van der Waals surface area contributed by atoms with Crippen molar-refractivity contribution in [2.24, 2.45) is 5.92 Å². The van der Waals surface area contributed by atoms with Crippen molar-refractivity contribution in [1.29, 1.82) is 0 Å². The zero-order valence-electron chi connectivity index (χ0n) is 14.0. The molecule has 0 radical (unpaired) electrons. The van der Waals surface area contributed by atoms with Crippen LogP contribution in [-0.2, 0) is 0 Å². The Bertz CT molecular complexity index is 649. The second kappa shape index (κ2) is 8.29. The molecule has 1 aromatic heterocycles. The van der Waals surface area contributed by atoms with E-state index in [2.05, 4.69) is 34.9 Å². The molecule has 0 aliphatic heterocycles. The molecule has 0 atom stereocenters. The average molecular weight is 378 g/mol. The summed E-state index contributed by atoms with van der Waals surface area (Å²) in [4.78, 5) is 14.6. The van der Waals surface area contributed by atoms with Gasteiger partial charge in [0.25, 0.3) is 5.91 Å². The summed E-state index contributed by atoms with van der Waals surface area (Å²) < 4.78 is 2.73. The summed E-state index contributed by atoms with van der Waals surface area (Å²) in [5.41, 5.74) is 1.43. The van der Waals surface area contributed by atoms with Crippen LogP contribution in [0.5, 0.6) is 0 Å². The third-order valence-corrected chi connectivity index (χ3v) is 4.68. The van der Waals surface area contributed by atoms with Crippen LogP contribution in [0, 0.1) is 5.92 Å². The first-order valence-corrected chi connectivity index (χ1v) is 8.99. The quantitative estimate of drug-likeness (QED) is 0.710. The molecular weight excluding hydrogens is 354 g/mol. The van der Waals surface area contributed by atoms with E-state index in [0.29, 0.717) is 18.2 Å². The van der Waals surface area contributed by atoms with Gasteiger partial charge in [0.1, 0.15) is 0 Å². The van der Waals surface area contributed by atoms with Crippen molar-refractivity contribution in [3.63, 3.8) is 0 Å². The summed E-state index contributed by atoms with van der Waals surface area (Å²) in [6.45, 7) is 7.87. The van der Waals surface area contributed by atoms with Crippen molar-refractivity contribution in [2.45, 2.75) is 33.6 Å². The predicted molar refractivity (Wildman–Crippen MR) is 96.9 cm³/mol. The van der Waals surface area contributed by atoms with Gasteiger partial charge in [-0.2, -0.15) is 5.10 Å². The first-order chi connectivity index (χ1) is 11.1. The maximum absolute atomic E-state index is 12.7. The lowest BCUT2D eigenvalue weighted by molar-refractivity contribution is 0.0728.